The summed E-state index contributed by atoms with van der Waals surface area (Å²) in [6.07, 6.45) is 0. The molecule has 0 aliphatic heterocycles. The quantitative estimate of drug-likeness (QED) is 0.565. The fraction of sp³-hybridized carbons (Fsp3) is 0.364. The standard InChI is InChI=1S/C11H14O4/c1-7-5-9(13-3)11(15-8(2)12)10(6-7)14-4/h5-6H,1-4H3. The maximum atomic E-state index is 10.9. The van der Waals surface area contributed by atoms with Crippen LogP contribution in [0.25, 0.3) is 0 Å². The molecule has 0 bridgehead atoms. The van der Waals surface area contributed by atoms with E-state index in [1.165, 1.54) is 21.1 Å². The lowest BCUT2D eigenvalue weighted by Crippen LogP contribution is -2.05. The van der Waals surface area contributed by atoms with Crippen LogP contribution in [0.3, 0.4) is 0 Å². The highest BCUT2D eigenvalue weighted by molar-refractivity contribution is 5.72. The van der Waals surface area contributed by atoms with E-state index in [0.29, 0.717) is 17.2 Å². The summed E-state index contributed by atoms with van der Waals surface area (Å²) in [5, 5.41) is 0. The van der Waals surface area contributed by atoms with Gasteiger partial charge in [-0.3, -0.25) is 4.79 Å². The van der Waals surface area contributed by atoms with E-state index in [0.717, 1.165) is 5.56 Å². The molecule has 1 rings (SSSR count). The molecule has 0 radical (unpaired) electrons. The summed E-state index contributed by atoms with van der Waals surface area (Å²) in [6, 6.07) is 3.56. The van der Waals surface area contributed by atoms with Gasteiger partial charge in [0, 0.05) is 6.92 Å². The SMILES string of the molecule is COc1cc(C)cc(OC)c1OC(C)=O. The first-order chi connectivity index (χ1) is 7.08. The molecule has 82 valence electrons. The Hall–Kier alpha value is -1.71. The van der Waals surface area contributed by atoms with E-state index >= 15 is 0 Å². The van der Waals surface area contributed by atoms with E-state index in [-0.39, 0.29) is 0 Å². The molecule has 0 heterocycles. The maximum Gasteiger partial charge on any atom is 0.308 e. The Morgan fingerprint density at radius 3 is 1.93 bits per heavy atom. The lowest BCUT2D eigenvalue weighted by Gasteiger charge is -2.12. The topological polar surface area (TPSA) is 44.8 Å². The minimum Gasteiger partial charge on any atom is -0.493 e. The molecule has 0 aliphatic carbocycles. The van der Waals surface area contributed by atoms with Crippen molar-refractivity contribution in [1.29, 1.82) is 0 Å². The van der Waals surface area contributed by atoms with Crippen LogP contribution in [0.2, 0.25) is 0 Å². The zero-order valence-corrected chi connectivity index (χ0v) is 9.29. The Labute approximate surface area is 88.8 Å². The molecular formula is C11H14O4. The molecular weight excluding hydrogens is 196 g/mol. The third kappa shape index (κ3) is 2.62. The Morgan fingerprint density at radius 2 is 1.60 bits per heavy atom. The van der Waals surface area contributed by atoms with Gasteiger partial charge in [0.2, 0.25) is 5.75 Å². The van der Waals surface area contributed by atoms with Crippen LogP contribution in [0.4, 0.5) is 0 Å². The summed E-state index contributed by atoms with van der Waals surface area (Å²) in [6.45, 7) is 3.24. The molecule has 1 aromatic rings. The van der Waals surface area contributed by atoms with Crippen molar-refractivity contribution in [2.45, 2.75) is 13.8 Å². The van der Waals surface area contributed by atoms with Crippen LogP contribution >= 0.6 is 0 Å². The highest BCUT2D eigenvalue weighted by Gasteiger charge is 2.14. The maximum absolute atomic E-state index is 10.9. The van der Waals surface area contributed by atoms with Gasteiger partial charge in [-0.25, -0.2) is 0 Å². The van der Waals surface area contributed by atoms with Gasteiger partial charge in [-0.1, -0.05) is 0 Å². The number of carbonyl (C=O) groups excluding carboxylic acids is 1. The van der Waals surface area contributed by atoms with Gasteiger partial charge in [0.05, 0.1) is 14.2 Å². The van der Waals surface area contributed by atoms with E-state index in [2.05, 4.69) is 0 Å². The fourth-order valence-corrected chi connectivity index (χ4v) is 1.26. The second-order valence-corrected chi connectivity index (χ2v) is 3.09. The molecule has 0 fully saturated rings. The van der Waals surface area contributed by atoms with Gasteiger partial charge in [-0.05, 0) is 24.6 Å². The number of aryl methyl sites for hydroxylation is 1. The minimum absolute atomic E-state index is 0.318. The van der Waals surface area contributed by atoms with E-state index < -0.39 is 5.97 Å². The molecule has 0 aliphatic rings. The first kappa shape index (κ1) is 11.4. The summed E-state index contributed by atoms with van der Waals surface area (Å²) in [5.74, 6) is 0.887. The van der Waals surface area contributed by atoms with Gasteiger partial charge in [0.1, 0.15) is 0 Å². The van der Waals surface area contributed by atoms with Gasteiger partial charge in [0.15, 0.2) is 11.5 Å². The largest absolute Gasteiger partial charge is 0.493 e. The number of rotatable bonds is 3. The van der Waals surface area contributed by atoms with Crippen molar-refractivity contribution in [1.82, 2.24) is 0 Å². The highest BCUT2D eigenvalue weighted by Crippen LogP contribution is 2.38. The number of ether oxygens (including phenoxy) is 3. The smallest absolute Gasteiger partial charge is 0.308 e. The molecule has 4 nitrogen and oxygen atoms in total. The molecule has 0 unspecified atom stereocenters. The Morgan fingerprint density at radius 1 is 1.13 bits per heavy atom. The molecule has 1 aromatic carbocycles. The first-order valence-electron chi connectivity index (χ1n) is 4.49. The van der Waals surface area contributed by atoms with Gasteiger partial charge >= 0.3 is 5.97 Å². The van der Waals surface area contributed by atoms with Crippen LogP contribution in [0.1, 0.15) is 12.5 Å². The van der Waals surface area contributed by atoms with Crippen molar-refractivity contribution >= 4 is 5.97 Å². The number of hydrogen-bond donors (Lipinski definition) is 0. The molecule has 0 saturated carbocycles. The number of methoxy groups -OCH3 is 2. The van der Waals surface area contributed by atoms with Gasteiger partial charge < -0.3 is 14.2 Å². The summed E-state index contributed by atoms with van der Waals surface area (Å²) in [5.41, 5.74) is 0.972. The predicted molar refractivity (Wildman–Crippen MR) is 55.6 cm³/mol. The summed E-state index contributed by atoms with van der Waals surface area (Å²) >= 11 is 0. The third-order valence-corrected chi connectivity index (χ3v) is 1.85. The van der Waals surface area contributed by atoms with Crippen LogP contribution in [-0.4, -0.2) is 20.2 Å². The Bertz CT molecular complexity index is 346. The minimum atomic E-state index is -0.407. The van der Waals surface area contributed by atoms with E-state index in [1.54, 1.807) is 12.1 Å². The number of hydrogen-bond acceptors (Lipinski definition) is 4. The average Bonchev–Trinajstić information content (AvgIpc) is 2.19. The monoisotopic (exact) mass is 210 g/mol. The van der Waals surface area contributed by atoms with E-state index in [9.17, 15) is 4.79 Å². The van der Waals surface area contributed by atoms with Crippen molar-refractivity contribution in [3.63, 3.8) is 0 Å². The zero-order chi connectivity index (χ0) is 11.4. The van der Waals surface area contributed by atoms with Crippen LogP contribution in [0, 0.1) is 6.92 Å². The molecule has 15 heavy (non-hydrogen) atoms. The third-order valence-electron chi connectivity index (χ3n) is 1.85. The fourth-order valence-electron chi connectivity index (χ4n) is 1.26. The summed E-state index contributed by atoms with van der Waals surface area (Å²) in [4.78, 5) is 10.9. The van der Waals surface area contributed by atoms with E-state index in [1.807, 2.05) is 6.92 Å². The van der Waals surface area contributed by atoms with Gasteiger partial charge in [-0.2, -0.15) is 0 Å². The molecule has 0 spiro atoms. The van der Waals surface area contributed by atoms with Crippen LogP contribution in [0.15, 0.2) is 12.1 Å². The summed E-state index contributed by atoms with van der Waals surface area (Å²) in [7, 11) is 3.03. The van der Waals surface area contributed by atoms with Crippen LogP contribution in [-0.2, 0) is 4.79 Å². The van der Waals surface area contributed by atoms with Crippen molar-refractivity contribution < 1.29 is 19.0 Å². The van der Waals surface area contributed by atoms with Crippen molar-refractivity contribution in [3.05, 3.63) is 17.7 Å². The second kappa shape index (κ2) is 4.68. The first-order valence-corrected chi connectivity index (χ1v) is 4.49. The van der Waals surface area contributed by atoms with Crippen LogP contribution < -0.4 is 14.2 Å². The summed E-state index contributed by atoms with van der Waals surface area (Å²) < 4.78 is 15.2. The molecule has 0 amide bonds. The van der Waals surface area contributed by atoms with Gasteiger partial charge in [0.25, 0.3) is 0 Å². The normalized spacial score (nSPS) is 9.60. The highest BCUT2D eigenvalue weighted by atomic mass is 16.6. The van der Waals surface area contributed by atoms with Crippen molar-refractivity contribution in [2.75, 3.05) is 14.2 Å². The lowest BCUT2D eigenvalue weighted by atomic mass is 10.2. The Kier molecular flexibility index (Phi) is 3.55. The van der Waals surface area contributed by atoms with Crippen LogP contribution in [0.5, 0.6) is 17.2 Å². The molecule has 0 saturated heterocycles. The number of esters is 1. The number of benzene rings is 1. The predicted octanol–water partition coefficient (Wildman–Crippen LogP) is 1.94. The molecule has 4 heteroatoms. The Balaban J connectivity index is 3.23. The second-order valence-electron chi connectivity index (χ2n) is 3.09. The molecule has 0 aromatic heterocycles. The lowest BCUT2D eigenvalue weighted by molar-refractivity contribution is -0.132. The zero-order valence-electron chi connectivity index (χ0n) is 9.29. The van der Waals surface area contributed by atoms with Gasteiger partial charge in [-0.15, -0.1) is 0 Å². The van der Waals surface area contributed by atoms with Crippen molar-refractivity contribution in [2.24, 2.45) is 0 Å². The van der Waals surface area contributed by atoms with E-state index in [4.69, 9.17) is 14.2 Å². The average molecular weight is 210 g/mol. The molecule has 0 N–H and O–H groups in total. The number of carbonyl (C=O) groups is 1. The molecule has 0 atom stereocenters. The van der Waals surface area contributed by atoms with Crippen molar-refractivity contribution in [3.8, 4) is 17.2 Å².